The molecule has 2 aromatic rings. The van der Waals surface area contributed by atoms with Crippen molar-refractivity contribution in [3.05, 3.63) is 46.4 Å². The zero-order chi connectivity index (χ0) is 11.7. The highest BCUT2D eigenvalue weighted by atomic mass is 16.1. The Hall–Kier alpha value is -1.61. The van der Waals surface area contributed by atoms with Crippen LogP contribution in [-0.4, -0.2) is 10.6 Å². The third-order valence-corrected chi connectivity index (χ3v) is 2.72. The number of nitrogens with zero attached hydrogens (tertiary/aromatic N) is 1. The van der Waals surface area contributed by atoms with Crippen LogP contribution in [0.3, 0.4) is 0 Å². The molecule has 1 heterocycles. The van der Waals surface area contributed by atoms with Crippen molar-refractivity contribution in [2.45, 2.75) is 19.4 Å². The molecule has 3 heteroatoms. The van der Waals surface area contributed by atoms with Crippen molar-refractivity contribution in [3.63, 3.8) is 0 Å². The molecule has 16 heavy (non-hydrogen) atoms. The van der Waals surface area contributed by atoms with Gasteiger partial charge in [-0.25, -0.2) is 0 Å². The first kappa shape index (κ1) is 10.9. The van der Waals surface area contributed by atoms with E-state index in [2.05, 4.69) is 0 Å². The second kappa shape index (κ2) is 4.10. The highest BCUT2D eigenvalue weighted by molar-refractivity contribution is 5.84. The molecule has 0 bridgehead atoms. The molecule has 0 aliphatic heterocycles. The molecular weight excluding hydrogens is 200 g/mol. The van der Waals surface area contributed by atoms with E-state index in [1.54, 1.807) is 11.6 Å². The van der Waals surface area contributed by atoms with Crippen LogP contribution in [-0.2, 0) is 13.5 Å². The molecule has 0 aliphatic rings. The van der Waals surface area contributed by atoms with Gasteiger partial charge in [-0.1, -0.05) is 18.2 Å². The minimum absolute atomic E-state index is 0.0454. The number of benzene rings is 1. The zero-order valence-electron chi connectivity index (χ0n) is 9.60. The molecule has 0 radical (unpaired) electrons. The Morgan fingerprint density at radius 2 is 1.94 bits per heavy atom. The van der Waals surface area contributed by atoms with Gasteiger partial charge in [0.15, 0.2) is 0 Å². The molecule has 2 N–H and O–H groups in total. The van der Waals surface area contributed by atoms with Crippen LogP contribution in [0, 0.1) is 0 Å². The molecule has 1 atom stereocenters. The first-order valence-electron chi connectivity index (χ1n) is 5.42. The van der Waals surface area contributed by atoms with E-state index >= 15 is 0 Å². The van der Waals surface area contributed by atoms with E-state index in [0.717, 1.165) is 22.8 Å². The van der Waals surface area contributed by atoms with E-state index in [1.165, 1.54) is 0 Å². The van der Waals surface area contributed by atoms with Gasteiger partial charge in [0.1, 0.15) is 0 Å². The number of rotatable bonds is 2. The number of pyridine rings is 1. The van der Waals surface area contributed by atoms with Gasteiger partial charge in [-0.3, -0.25) is 4.79 Å². The SMILES string of the molecule is CC(N)Cc1cn(C)c(=O)c2ccccc12. The molecule has 1 aromatic carbocycles. The third kappa shape index (κ3) is 1.86. The Balaban J connectivity index is 2.74. The van der Waals surface area contributed by atoms with Crippen molar-refractivity contribution in [2.75, 3.05) is 0 Å². The highest BCUT2D eigenvalue weighted by Gasteiger charge is 2.07. The van der Waals surface area contributed by atoms with Gasteiger partial charge in [-0.2, -0.15) is 0 Å². The van der Waals surface area contributed by atoms with Gasteiger partial charge in [0.25, 0.3) is 5.56 Å². The number of hydrogen-bond acceptors (Lipinski definition) is 2. The average Bonchev–Trinajstić information content (AvgIpc) is 2.25. The van der Waals surface area contributed by atoms with Gasteiger partial charge in [-0.15, -0.1) is 0 Å². The molecule has 0 fully saturated rings. The van der Waals surface area contributed by atoms with Crippen molar-refractivity contribution in [1.82, 2.24) is 4.57 Å². The molecule has 1 unspecified atom stereocenters. The molecule has 0 saturated heterocycles. The van der Waals surface area contributed by atoms with E-state index in [-0.39, 0.29) is 11.6 Å². The molecule has 0 amide bonds. The summed E-state index contributed by atoms with van der Waals surface area (Å²) in [5.74, 6) is 0. The number of aromatic nitrogens is 1. The fourth-order valence-corrected chi connectivity index (χ4v) is 2.01. The van der Waals surface area contributed by atoms with Crippen LogP contribution in [0.2, 0.25) is 0 Å². The molecule has 0 aliphatic carbocycles. The Labute approximate surface area is 94.5 Å². The maximum absolute atomic E-state index is 11.9. The summed E-state index contributed by atoms with van der Waals surface area (Å²) in [4.78, 5) is 11.9. The van der Waals surface area contributed by atoms with E-state index in [0.29, 0.717) is 0 Å². The van der Waals surface area contributed by atoms with Crippen LogP contribution < -0.4 is 11.3 Å². The summed E-state index contributed by atoms with van der Waals surface area (Å²) in [6, 6.07) is 7.78. The van der Waals surface area contributed by atoms with E-state index in [1.807, 2.05) is 37.4 Å². The molecular formula is C13H16N2O. The fourth-order valence-electron chi connectivity index (χ4n) is 2.01. The molecule has 2 rings (SSSR count). The van der Waals surface area contributed by atoms with Crippen molar-refractivity contribution < 1.29 is 0 Å². The fraction of sp³-hybridized carbons (Fsp3) is 0.308. The smallest absolute Gasteiger partial charge is 0.258 e. The summed E-state index contributed by atoms with van der Waals surface area (Å²) in [7, 11) is 1.78. The Morgan fingerprint density at radius 1 is 1.31 bits per heavy atom. The van der Waals surface area contributed by atoms with Crippen molar-refractivity contribution in [2.24, 2.45) is 12.8 Å². The highest BCUT2D eigenvalue weighted by Crippen LogP contribution is 2.16. The van der Waals surface area contributed by atoms with Gasteiger partial charge < -0.3 is 10.3 Å². The third-order valence-electron chi connectivity index (χ3n) is 2.72. The molecule has 0 saturated carbocycles. The van der Waals surface area contributed by atoms with Crippen molar-refractivity contribution >= 4 is 10.8 Å². The lowest BCUT2D eigenvalue weighted by molar-refractivity contribution is 0.730. The summed E-state index contributed by atoms with van der Waals surface area (Å²) in [6.45, 7) is 1.97. The number of nitrogens with two attached hydrogens (primary N) is 1. The van der Waals surface area contributed by atoms with Crippen molar-refractivity contribution in [1.29, 1.82) is 0 Å². The Morgan fingerprint density at radius 3 is 2.56 bits per heavy atom. The lowest BCUT2D eigenvalue weighted by Gasteiger charge is -2.11. The van der Waals surface area contributed by atoms with Crippen LogP contribution in [0.4, 0.5) is 0 Å². The summed E-state index contributed by atoms with van der Waals surface area (Å²) in [6.07, 6.45) is 2.67. The van der Waals surface area contributed by atoms with Gasteiger partial charge in [-0.05, 0) is 30.4 Å². The van der Waals surface area contributed by atoms with Gasteiger partial charge >= 0.3 is 0 Å². The van der Waals surface area contributed by atoms with Crippen LogP contribution in [0.25, 0.3) is 10.8 Å². The van der Waals surface area contributed by atoms with Crippen LogP contribution >= 0.6 is 0 Å². The zero-order valence-corrected chi connectivity index (χ0v) is 9.60. The average molecular weight is 216 g/mol. The van der Waals surface area contributed by atoms with E-state index < -0.39 is 0 Å². The monoisotopic (exact) mass is 216 g/mol. The Kier molecular flexibility index (Phi) is 2.79. The number of fused-ring (bicyclic) bond motifs is 1. The number of hydrogen-bond donors (Lipinski definition) is 1. The summed E-state index contributed by atoms with van der Waals surface area (Å²) >= 11 is 0. The van der Waals surface area contributed by atoms with Gasteiger partial charge in [0.2, 0.25) is 0 Å². The van der Waals surface area contributed by atoms with Crippen LogP contribution in [0.15, 0.2) is 35.3 Å². The summed E-state index contributed by atoms with van der Waals surface area (Å²) in [5, 5.41) is 1.78. The predicted octanol–water partition coefficient (Wildman–Crippen LogP) is 1.43. The number of aryl methyl sites for hydroxylation is 1. The largest absolute Gasteiger partial charge is 0.328 e. The van der Waals surface area contributed by atoms with Gasteiger partial charge in [0, 0.05) is 24.7 Å². The maximum Gasteiger partial charge on any atom is 0.258 e. The predicted molar refractivity (Wildman–Crippen MR) is 66.5 cm³/mol. The first-order chi connectivity index (χ1) is 7.59. The summed E-state index contributed by atoms with van der Waals surface area (Å²) in [5.41, 5.74) is 6.99. The van der Waals surface area contributed by atoms with E-state index in [9.17, 15) is 4.79 Å². The second-order valence-electron chi connectivity index (χ2n) is 4.30. The minimum atomic E-state index is 0.0454. The Bertz CT molecular complexity index is 570. The lowest BCUT2D eigenvalue weighted by Crippen LogP contribution is -2.22. The van der Waals surface area contributed by atoms with Crippen molar-refractivity contribution in [3.8, 4) is 0 Å². The first-order valence-corrected chi connectivity index (χ1v) is 5.42. The molecule has 3 nitrogen and oxygen atoms in total. The minimum Gasteiger partial charge on any atom is -0.328 e. The quantitative estimate of drug-likeness (QED) is 0.825. The van der Waals surface area contributed by atoms with E-state index in [4.69, 9.17) is 5.73 Å². The summed E-state index contributed by atoms with van der Waals surface area (Å²) < 4.78 is 1.63. The van der Waals surface area contributed by atoms with Gasteiger partial charge in [0.05, 0.1) is 0 Å². The second-order valence-corrected chi connectivity index (χ2v) is 4.30. The topological polar surface area (TPSA) is 48.0 Å². The molecule has 84 valence electrons. The normalized spacial score (nSPS) is 12.9. The standard InChI is InChI=1S/C13H16N2O/c1-9(14)7-10-8-15(2)13(16)12-6-4-3-5-11(10)12/h3-6,8-9H,7,14H2,1-2H3. The maximum atomic E-state index is 11.9. The van der Waals surface area contributed by atoms with Crippen LogP contribution in [0.5, 0.6) is 0 Å². The van der Waals surface area contributed by atoms with Crippen LogP contribution in [0.1, 0.15) is 12.5 Å². The molecule has 0 spiro atoms. The lowest BCUT2D eigenvalue weighted by atomic mass is 10.0. The molecule has 1 aromatic heterocycles.